The number of para-hydroxylation sites is 3. The topological polar surface area (TPSA) is 54.0 Å². The quantitative estimate of drug-likeness (QED) is 0.103. The van der Waals surface area contributed by atoms with Gasteiger partial charge in [-0.25, -0.2) is 0 Å². The zero-order valence-corrected chi connectivity index (χ0v) is 33.2. The van der Waals surface area contributed by atoms with Gasteiger partial charge in [0.05, 0.1) is 26.4 Å². The number of benzene rings is 5. The molecule has 0 unspecified atom stereocenters. The van der Waals surface area contributed by atoms with Gasteiger partial charge in [0.15, 0.2) is 5.78 Å². The van der Waals surface area contributed by atoms with Gasteiger partial charge in [0.2, 0.25) is 0 Å². The molecular formula is C47H51BrO5. The van der Waals surface area contributed by atoms with Gasteiger partial charge in [-0.15, -0.1) is 0 Å². The van der Waals surface area contributed by atoms with E-state index in [9.17, 15) is 4.79 Å². The smallest absolute Gasteiger partial charge is 0.194 e. The van der Waals surface area contributed by atoms with E-state index in [1.54, 1.807) is 0 Å². The fraction of sp³-hybridized carbons (Fsp3) is 0.340. The Balaban J connectivity index is 1.63. The summed E-state index contributed by atoms with van der Waals surface area (Å²) in [5.41, 5.74) is 9.74. The zero-order chi connectivity index (χ0) is 37.2. The van der Waals surface area contributed by atoms with Gasteiger partial charge in [0.25, 0.3) is 0 Å². The van der Waals surface area contributed by atoms with Gasteiger partial charge in [0, 0.05) is 41.3 Å². The molecule has 0 saturated carbocycles. The van der Waals surface area contributed by atoms with E-state index >= 15 is 0 Å². The Bertz CT molecular complexity index is 1930. The number of hydrogen-bond acceptors (Lipinski definition) is 5. The molecule has 53 heavy (non-hydrogen) atoms. The van der Waals surface area contributed by atoms with Crippen molar-refractivity contribution >= 4 is 21.7 Å². The molecule has 0 N–H and O–H groups in total. The Hall–Kier alpha value is -4.55. The van der Waals surface area contributed by atoms with Gasteiger partial charge in [-0.2, -0.15) is 0 Å². The third kappa shape index (κ3) is 8.98. The largest absolute Gasteiger partial charge is 0.493 e. The highest BCUT2D eigenvalue weighted by Crippen LogP contribution is 2.40. The number of fused-ring (bicyclic) bond motifs is 8. The molecule has 0 aliphatic heterocycles. The van der Waals surface area contributed by atoms with Crippen molar-refractivity contribution in [2.24, 2.45) is 0 Å². The predicted octanol–water partition coefficient (Wildman–Crippen LogP) is 11.5. The van der Waals surface area contributed by atoms with Crippen molar-refractivity contribution in [3.63, 3.8) is 0 Å². The lowest BCUT2D eigenvalue weighted by Crippen LogP contribution is -2.11. The fourth-order valence-corrected chi connectivity index (χ4v) is 7.54. The lowest BCUT2D eigenvalue weighted by molar-refractivity contribution is 0.103. The van der Waals surface area contributed by atoms with Crippen LogP contribution >= 0.6 is 15.9 Å². The molecule has 8 bridgehead atoms. The van der Waals surface area contributed by atoms with Crippen molar-refractivity contribution in [1.82, 2.24) is 0 Å². The maximum absolute atomic E-state index is 14.3. The molecule has 5 aromatic rings. The second-order valence-corrected chi connectivity index (χ2v) is 14.6. The summed E-state index contributed by atoms with van der Waals surface area (Å²) in [6.45, 7) is 10.9. The summed E-state index contributed by atoms with van der Waals surface area (Å²) in [5, 5.41) is 0. The summed E-state index contributed by atoms with van der Waals surface area (Å²) in [6, 6.07) is 31.1. The Labute approximate surface area is 323 Å². The van der Waals surface area contributed by atoms with E-state index in [0.717, 1.165) is 97.7 Å². The first kappa shape index (κ1) is 38.2. The van der Waals surface area contributed by atoms with Crippen molar-refractivity contribution in [1.29, 1.82) is 0 Å². The van der Waals surface area contributed by atoms with E-state index in [0.29, 0.717) is 63.2 Å². The SMILES string of the molecule is CCCOc1c2cccc1Cc1cccc(c1OCCC)Cc1cc(C(=O)c3ccccc3Br)cc(c1OCCC)Cc1cccc(c1OCCC)C2. The number of ketones is 1. The molecule has 0 saturated heterocycles. The number of carbonyl (C=O) groups is 1. The van der Waals surface area contributed by atoms with Gasteiger partial charge in [-0.1, -0.05) is 110 Å². The van der Waals surface area contributed by atoms with Crippen LogP contribution in [0, 0.1) is 0 Å². The monoisotopic (exact) mass is 774 g/mol. The van der Waals surface area contributed by atoms with Gasteiger partial charge in [-0.3, -0.25) is 4.79 Å². The maximum Gasteiger partial charge on any atom is 0.194 e. The van der Waals surface area contributed by atoms with Gasteiger partial charge < -0.3 is 18.9 Å². The summed E-state index contributed by atoms with van der Waals surface area (Å²) >= 11 is 3.64. The number of rotatable bonds is 14. The first-order valence-corrected chi connectivity index (χ1v) is 20.0. The summed E-state index contributed by atoms with van der Waals surface area (Å²) in [5.74, 6) is 3.50. The first-order valence-electron chi connectivity index (χ1n) is 19.2. The number of hydrogen-bond donors (Lipinski definition) is 0. The standard InChI is InChI=1S/C47H51BrO5/c1-5-22-50-44-32-14-11-15-33(44)27-35-17-13-19-37(46(35)52-24-7-3)29-40-31-38(43(49)41-20-9-10-21-42(41)48)30-39(47(40)53-25-8-4)28-36-18-12-16-34(26-32)45(36)51-23-6-2/h9-21,30-31H,5-8,22-29H2,1-4H3. The van der Waals surface area contributed by atoms with Gasteiger partial charge >= 0.3 is 0 Å². The molecule has 5 aromatic carbocycles. The molecule has 0 aromatic heterocycles. The molecule has 0 atom stereocenters. The first-order chi connectivity index (χ1) is 25.9. The third-order valence-electron chi connectivity index (χ3n) is 9.48. The molecule has 1 aliphatic rings. The van der Waals surface area contributed by atoms with Crippen LogP contribution in [-0.2, 0) is 25.7 Å². The number of ether oxygens (including phenoxy) is 4. The zero-order valence-electron chi connectivity index (χ0n) is 31.6. The van der Waals surface area contributed by atoms with Crippen molar-refractivity contribution in [3.8, 4) is 23.0 Å². The van der Waals surface area contributed by atoms with Crippen molar-refractivity contribution in [2.75, 3.05) is 26.4 Å². The molecule has 0 fully saturated rings. The minimum atomic E-state index is -0.0399. The van der Waals surface area contributed by atoms with Gasteiger partial charge in [0.1, 0.15) is 23.0 Å². The van der Waals surface area contributed by atoms with E-state index in [1.807, 2.05) is 36.4 Å². The van der Waals surface area contributed by atoms with E-state index in [1.165, 1.54) is 0 Å². The molecule has 0 spiro atoms. The van der Waals surface area contributed by atoms with E-state index in [2.05, 4.69) is 98.2 Å². The maximum atomic E-state index is 14.3. The highest BCUT2D eigenvalue weighted by molar-refractivity contribution is 9.10. The molecule has 1 aliphatic carbocycles. The average molecular weight is 776 g/mol. The van der Waals surface area contributed by atoms with E-state index in [4.69, 9.17) is 18.9 Å². The second-order valence-electron chi connectivity index (χ2n) is 13.7. The number of halogens is 1. The Morgan fingerprint density at radius 3 is 1.13 bits per heavy atom. The molecule has 0 amide bonds. The molecular weight excluding hydrogens is 724 g/mol. The predicted molar refractivity (Wildman–Crippen MR) is 218 cm³/mol. The highest BCUT2D eigenvalue weighted by Gasteiger charge is 2.24. The van der Waals surface area contributed by atoms with Gasteiger partial charge in [-0.05, 0) is 94.5 Å². The summed E-state index contributed by atoms with van der Waals surface area (Å²) < 4.78 is 27.3. The fourth-order valence-electron chi connectivity index (χ4n) is 7.08. The van der Waals surface area contributed by atoms with Crippen molar-refractivity contribution < 1.29 is 23.7 Å². The summed E-state index contributed by atoms with van der Waals surface area (Å²) in [6.07, 6.45) is 5.94. The lowest BCUT2D eigenvalue weighted by Gasteiger charge is -2.23. The average Bonchev–Trinajstić information content (AvgIpc) is 3.16. The van der Waals surface area contributed by atoms with Crippen LogP contribution < -0.4 is 18.9 Å². The minimum Gasteiger partial charge on any atom is -0.493 e. The molecule has 6 rings (SSSR count). The molecule has 276 valence electrons. The summed E-state index contributed by atoms with van der Waals surface area (Å²) in [7, 11) is 0. The lowest BCUT2D eigenvalue weighted by atomic mass is 9.89. The van der Waals surface area contributed by atoms with Crippen LogP contribution in [0.25, 0.3) is 0 Å². The second kappa shape index (κ2) is 18.5. The Morgan fingerprint density at radius 1 is 0.472 bits per heavy atom. The molecule has 6 heteroatoms. The van der Waals surface area contributed by atoms with Crippen LogP contribution in [0.1, 0.15) is 114 Å². The summed E-state index contributed by atoms with van der Waals surface area (Å²) in [4.78, 5) is 14.3. The van der Waals surface area contributed by atoms with Crippen LogP contribution in [0.3, 0.4) is 0 Å². The van der Waals surface area contributed by atoms with Crippen LogP contribution in [0.4, 0.5) is 0 Å². The third-order valence-corrected chi connectivity index (χ3v) is 10.2. The minimum absolute atomic E-state index is 0.0399. The Morgan fingerprint density at radius 2 is 0.792 bits per heavy atom. The van der Waals surface area contributed by atoms with Crippen molar-refractivity contribution in [3.05, 3.63) is 151 Å². The number of carbonyl (C=O) groups excluding carboxylic acids is 1. The van der Waals surface area contributed by atoms with Crippen LogP contribution in [0.5, 0.6) is 23.0 Å². The molecule has 0 heterocycles. The van der Waals surface area contributed by atoms with E-state index < -0.39 is 0 Å². The van der Waals surface area contributed by atoms with Crippen LogP contribution in [0.15, 0.2) is 95.5 Å². The molecule has 0 radical (unpaired) electrons. The van der Waals surface area contributed by atoms with Crippen LogP contribution in [-0.4, -0.2) is 32.2 Å². The molecule has 5 nitrogen and oxygen atoms in total. The van der Waals surface area contributed by atoms with Crippen LogP contribution in [0.2, 0.25) is 0 Å². The van der Waals surface area contributed by atoms with E-state index in [-0.39, 0.29) is 5.78 Å². The highest BCUT2D eigenvalue weighted by atomic mass is 79.9. The van der Waals surface area contributed by atoms with Crippen molar-refractivity contribution in [2.45, 2.75) is 79.1 Å². The Kier molecular flexibility index (Phi) is 13.3. The normalized spacial score (nSPS) is 12.2.